The molecule has 16 heavy (non-hydrogen) atoms. The van der Waals surface area contributed by atoms with Gasteiger partial charge in [-0.3, -0.25) is 5.32 Å². The zero-order valence-electron chi connectivity index (χ0n) is 8.91. The maximum Gasteiger partial charge on any atom is 0.319 e. The van der Waals surface area contributed by atoms with Crippen LogP contribution >= 0.6 is 23.1 Å². The van der Waals surface area contributed by atoms with Crippen molar-refractivity contribution in [3.63, 3.8) is 0 Å². The summed E-state index contributed by atoms with van der Waals surface area (Å²) in [6.07, 6.45) is 5.75. The van der Waals surface area contributed by atoms with Crippen molar-refractivity contribution in [2.45, 2.75) is 25.7 Å². The Kier molecular flexibility index (Phi) is 6.83. The molecule has 90 valence electrons. The number of carbonyl (C=O) groups excluding carboxylic acids is 1. The molecule has 5 nitrogen and oxygen atoms in total. The van der Waals surface area contributed by atoms with Crippen molar-refractivity contribution < 1.29 is 4.79 Å². The van der Waals surface area contributed by atoms with Gasteiger partial charge in [0.25, 0.3) is 0 Å². The molecule has 7 heteroatoms. The van der Waals surface area contributed by atoms with E-state index in [-0.39, 0.29) is 6.03 Å². The van der Waals surface area contributed by atoms with E-state index in [0.717, 1.165) is 37.2 Å². The lowest BCUT2D eigenvalue weighted by molar-refractivity contribution is 0.252. The minimum atomic E-state index is -0.205. The molecule has 0 saturated heterocycles. The zero-order valence-corrected chi connectivity index (χ0v) is 10.5. The van der Waals surface area contributed by atoms with Gasteiger partial charge in [0.2, 0.25) is 0 Å². The molecule has 0 bridgehead atoms. The van der Waals surface area contributed by atoms with E-state index in [1.165, 1.54) is 6.20 Å². The normalized spacial score (nSPS) is 10.1. The van der Waals surface area contributed by atoms with Crippen LogP contribution in [0.5, 0.6) is 0 Å². The van der Waals surface area contributed by atoms with E-state index in [1.54, 1.807) is 0 Å². The third-order valence-electron chi connectivity index (χ3n) is 1.94. The molecule has 2 N–H and O–H groups in total. The summed E-state index contributed by atoms with van der Waals surface area (Å²) in [6.45, 7) is 0.681. The van der Waals surface area contributed by atoms with E-state index in [1.807, 2.05) is 0 Å². The van der Waals surface area contributed by atoms with Gasteiger partial charge in [0.15, 0.2) is 0 Å². The number of amides is 2. The molecule has 0 radical (unpaired) electrons. The summed E-state index contributed by atoms with van der Waals surface area (Å²) < 4.78 is 3.64. The number of unbranched alkanes of at least 4 members (excludes halogenated alkanes) is 3. The second-order valence-corrected chi connectivity index (χ2v) is 4.43. The van der Waals surface area contributed by atoms with Gasteiger partial charge in [-0.25, -0.2) is 4.79 Å². The molecule has 0 aliphatic carbocycles. The van der Waals surface area contributed by atoms with Gasteiger partial charge in [-0.05, 0) is 12.8 Å². The van der Waals surface area contributed by atoms with Crippen molar-refractivity contribution in [3.05, 3.63) is 6.20 Å². The van der Waals surface area contributed by atoms with E-state index < -0.39 is 0 Å². The lowest BCUT2D eigenvalue weighted by Gasteiger charge is -2.04. The fourth-order valence-electron chi connectivity index (χ4n) is 1.15. The first-order chi connectivity index (χ1) is 7.83. The maximum absolute atomic E-state index is 11.3. The van der Waals surface area contributed by atoms with Gasteiger partial charge in [-0.15, -0.1) is 16.7 Å². The van der Waals surface area contributed by atoms with Gasteiger partial charge in [0.1, 0.15) is 5.00 Å². The third kappa shape index (κ3) is 5.87. The monoisotopic (exact) mass is 262 g/mol. The number of aromatic nitrogens is 2. The highest BCUT2D eigenvalue weighted by atomic mass is 35.5. The Morgan fingerprint density at radius 3 is 2.88 bits per heavy atom. The number of nitrogens with zero attached hydrogens (tertiary/aromatic N) is 2. The maximum atomic E-state index is 11.3. The van der Waals surface area contributed by atoms with Gasteiger partial charge < -0.3 is 5.32 Å². The topological polar surface area (TPSA) is 66.9 Å². The van der Waals surface area contributed by atoms with Crippen LogP contribution in [-0.2, 0) is 0 Å². The standard InChI is InChI=1S/C9H15ClN4OS/c10-5-3-1-2-4-6-11-9(15)13-8-7-12-14-16-8/h7H,1-6H2,(H2,11,13,15). The van der Waals surface area contributed by atoms with Gasteiger partial charge in [0, 0.05) is 24.0 Å². The van der Waals surface area contributed by atoms with Crippen LogP contribution in [0.1, 0.15) is 25.7 Å². The average Bonchev–Trinajstić information content (AvgIpc) is 2.76. The van der Waals surface area contributed by atoms with E-state index in [0.29, 0.717) is 17.4 Å². The second-order valence-electron chi connectivity index (χ2n) is 3.27. The molecule has 1 aromatic rings. The minimum absolute atomic E-state index is 0.205. The Bertz CT molecular complexity index is 294. The molecular weight excluding hydrogens is 248 g/mol. The Hall–Kier alpha value is -0.880. The average molecular weight is 263 g/mol. The lowest BCUT2D eigenvalue weighted by Crippen LogP contribution is -2.29. The van der Waals surface area contributed by atoms with Crippen molar-refractivity contribution >= 4 is 34.2 Å². The predicted octanol–water partition coefficient (Wildman–Crippen LogP) is 2.46. The highest BCUT2D eigenvalue weighted by molar-refractivity contribution is 7.10. The van der Waals surface area contributed by atoms with E-state index in [9.17, 15) is 4.79 Å². The van der Waals surface area contributed by atoms with Crippen molar-refractivity contribution in [3.8, 4) is 0 Å². The third-order valence-corrected chi connectivity index (χ3v) is 2.79. The van der Waals surface area contributed by atoms with Crippen molar-refractivity contribution in [2.75, 3.05) is 17.7 Å². The number of anilines is 1. The molecule has 0 aromatic carbocycles. The molecule has 0 aliphatic heterocycles. The quantitative estimate of drug-likeness (QED) is 0.586. The number of halogens is 1. The van der Waals surface area contributed by atoms with Crippen molar-refractivity contribution in [2.24, 2.45) is 0 Å². The van der Waals surface area contributed by atoms with Crippen molar-refractivity contribution in [1.29, 1.82) is 0 Å². The summed E-state index contributed by atoms with van der Waals surface area (Å²) in [5.41, 5.74) is 0. The smallest absolute Gasteiger partial charge is 0.319 e. The fraction of sp³-hybridized carbons (Fsp3) is 0.667. The number of hydrogen-bond acceptors (Lipinski definition) is 4. The summed E-state index contributed by atoms with van der Waals surface area (Å²) in [6, 6.07) is -0.205. The second kappa shape index (κ2) is 8.29. The molecular formula is C9H15ClN4OS. The first-order valence-corrected chi connectivity index (χ1v) is 6.52. The summed E-state index contributed by atoms with van der Waals surface area (Å²) in [5.74, 6) is 0.715. The summed E-state index contributed by atoms with van der Waals surface area (Å²) >= 11 is 6.71. The minimum Gasteiger partial charge on any atom is -0.338 e. The molecule has 0 atom stereocenters. The molecule has 1 aromatic heterocycles. The Labute approximate surface area is 104 Å². The van der Waals surface area contributed by atoms with Crippen LogP contribution < -0.4 is 10.6 Å². The summed E-state index contributed by atoms with van der Waals surface area (Å²) in [7, 11) is 0. The van der Waals surface area contributed by atoms with Crippen LogP contribution in [0.4, 0.5) is 9.80 Å². The van der Waals surface area contributed by atoms with Gasteiger partial charge in [-0.2, -0.15) is 0 Å². The molecule has 0 spiro atoms. The van der Waals surface area contributed by atoms with Crippen LogP contribution in [0.25, 0.3) is 0 Å². The first kappa shape index (κ1) is 13.2. The van der Waals surface area contributed by atoms with Crippen molar-refractivity contribution in [1.82, 2.24) is 14.9 Å². The highest BCUT2D eigenvalue weighted by Gasteiger charge is 2.01. The highest BCUT2D eigenvalue weighted by Crippen LogP contribution is 2.08. The van der Waals surface area contributed by atoms with Crippen LogP contribution in [0.15, 0.2) is 6.20 Å². The molecule has 0 fully saturated rings. The van der Waals surface area contributed by atoms with Crippen LogP contribution in [0, 0.1) is 0 Å². The Morgan fingerprint density at radius 1 is 1.38 bits per heavy atom. The molecule has 1 rings (SSSR count). The van der Waals surface area contributed by atoms with Crippen LogP contribution in [-0.4, -0.2) is 28.0 Å². The zero-order chi connectivity index (χ0) is 11.6. The molecule has 0 saturated carbocycles. The first-order valence-electron chi connectivity index (χ1n) is 5.21. The SMILES string of the molecule is O=C(NCCCCCCCl)Nc1cnns1. The molecule has 2 amide bonds. The lowest BCUT2D eigenvalue weighted by atomic mass is 10.2. The Morgan fingerprint density at radius 2 is 2.19 bits per heavy atom. The molecule has 1 heterocycles. The molecule has 0 aliphatic rings. The number of rotatable bonds is 7. The van der Waals surface area contributed by atoms with E-state index >= 15 is 0 Å². The number of hydrogen-bond donors (Lipinski definition) is 2. The van der Waals surface area contributed by atoms with Crippen LogP contribution in [0.3, 0.4) is 0 Å². The number of alkyl halides is 1. The Balaban J connectivity index is 1.98. The largest absolute Gasteiger partial charge is 0.338 e. The van der Waals surface area contributed by atoms with E-state index in [2.05, 4.69) is 20.2 Å². The number of urea groups is 1. The van der Waals surface area contributed by atoms with Gasteiger partial charge >= 0.3 is 6.03 Å². The molecule has 0 unspecified atom stereocenters. The van der Waals surface area contributed by atoms with Gasteiger partial charge in [0.05, 0.1) is 6.20 Å². The summed E-state index contributed by atoms with van der Waals surface area (Å²) in [4.78, 5) is 11.3. The predicted molar refractivity (Wildman–Crippen MR) is 66.1 cm³/mol. The fourth-order valence-corrected chi connectivity index (χ4v) is 1.76. The van der Waals surface area contributed by atoms with E-state index in [4.69, 9.17) is 11.6 Å². The summed E-state index contributed by atoms with van der Waals surface area (Å²) in [5, 5.41) is 9.68. The van der Waals surface area contributed by atoms with Crippen LogP contribution in [0.2, 0.25) is 0 Å². The van der Waals surface area contributed by atoms with Gasteiger partial charge in [-0.1, -0.05) is 17.3 Å². The number of carbonyl (C=O) groups is 1. The number of nitrogens with one attached hydrogen (secondary N) is 2.